The fourth-order valence-electron chi connectivity index (χ4n) is 2.18. The van der Waals surface area contributed by atoms with Gasteiger partial charge in [0.15, 0.2) is 0 Å². The van der Waals surface area contributed by atoms with Crippen molar-refractivity contribution in [1.82, 2.24) is 5.32 Å². The van der Waals surface area contributed by atoms with Crippen LogP contribution in [0.3, 0.4) is 0 Å². The van der Waals surface area contributed by atoms with Crippen LogP contribution in [-0.2, 0) is 15.3 Å². The molecule has 0 aliphatic heterocycles. The smallest absolute Gasteiger partial charge is 0.326 e. The molecule has 0 aromatic heterocycles. The van der Waals surface area contributed by atoms with Crippen molar-refractivity contribution in [1.29, 1.82) is 0 Å². The Morgan fingerprint density at radius 1 is 1.15 bits per heavy atom. The number of hydrogen-bond acceptors (Lipinski definition) is 4. The molecular weight excluding hydrogens is 374 g/mol. The highest BCUT2D eigenvalue weighted by molar-refractivity contribution is 7.98. The number of carboxylic acids is 1. The number of halogens is 1. The number of carboxylic acid groups (broad SMARTS) is 1. The number of amides is 1. The molecule has 0 fully saturated rings. The molecule has 0 saturated heterocycles. The molecule has 1 unspecified atom stereocenters. The SMILES string of the molecule is COCCC(NC(=O)c1ccc(CSc2ccc(Cl)cc2)cc1)C(=O)O. The molecule has 138 valence electrons. The monoisotopic (exact) mass is 393 g/mol. The maximum absolute atomic E-state index is 12.2. The van der Waals surface area contributed by atoms with Gasteiger partial charge < -0.3 is 15.2 Å². The third-order valence-electron chi connectivity index (χ3n) is 3.65. The molecule has 0 aliphatic rings. The maximum atomic E-state index is 12.2. The summed E-state index contributed by atoms with van der Waals surface area (Å²) in [6.07, 6.45) is 0.216. The van der Waals surface area contributed by atoms with Gasteiger partial charge in [0.2, 0.25) is 0 Å². The number of aliphatic carboxylic acids is 1. The summed E-state index contributed by atoms with van der Waals surface area (Å²) >= 11 is 7.54. The second-order valence-corrected chi connectivity index (χ2v) is 7.07. The van der Waals surface area contributed by atoms with E-state index in [9.17, 15) is 9.59 Å². The average Bonchev–Trinajstić information content (AvgIpc) is 2.64. The van der Waals surface area contributed by atoms with E-state index in [0.29, 0.717) is 10.6 Å². The van der Waals surface area contributed by atoms with Crippen molar-refractivity contribution in [2.75, 3.05) is 13.7 Å². The summed E-state index contributed by atoms with van der Waals surface area (Å²) in [5.74, 6) is -0.730. The number of carbonyl (C=O) groups is 2. The van der Waals surface area contributed by atoms with Gasteiger partial charge in [-0.1, -0.05) is 23.7 Å². The average molecular weight is 394 g/mol. The molecule has 2 rings (SSSR count). The Morgan fingerprint density at radius 3 is 2.38 bits per heavy atom. The first-order chi connectivity index (χ1) is 12.5. The van der Waals surface area contributed by atoms with Crippen molar-refractivity contribution in [2.45, 2.75) is 23.1 Å². The minimum absolute atomic E-state index is 0.216. The minimum Gasteiger partial charge on any atom is -0.480 e. The van der Waals surface area contributed by atoms with E-state index >= 15 is 0 Å². The number of benzene rings is 2. The van der Waals surface area contributed by atoms with Crippen LogP contribution in [0.5, 0.6) is 0 Å². The van der Waals surface area contributed by atoms with Crippen LogP contribution >= 0.6 is 23.4 Å². The third kappa shape index (κ3) is 6.37. The summed E-state index contributed by atoms with van der Waals surface area (Å²) in [6.45, 7) is 0.262. The van der Waals surface area contributed by atoms with E-state index in [1.807, 2.05) is 36.4 Å². The summed E-state index contributed by atoms with van der Waals surface area (Å²) in [4.78, 5) is 24.5. The van der Waals surface area contributed by atoms with E-state index in [1.165, 1.54) is 7.11 Å². The van der Waals surface area contributed by atoms with Gasteiger partial charge in [-0.2, -0.15) is 0 Å². The number of nitrogens with one attached hydrogen (secondary N) is 1. The Kier molecular flexibility index (Phi) is 7.97. The minimum atomic E-state index is -1.08. The number of thioether (sulfide) groups is 1. The van der Waals surface area contributed by atoms with Gasteiger partial charge in [-0.15, -0.1) is 11.8 Å². The zero-order valence-corrected chi connectivity index (χ0v) is 15.8. The largest absolute Gasteiger partial charge is 0.480 e. The third-order valence-corrected chi connectivity index (χ3v) is 4.98. The molecule has 0 bridgehead atoms. The number of hydrogen-bond donors (Lipinski definition) is 2. The second-order valence-electron chi connectivity index (χ2n) is 5.59. The van der Waals surface area contributed by atoms with Crippen LogP contribution in [-0.4, -0.2) is 36.7 Å². The first-order valence-corrected chi connectivity index (χ1v) is 9.36. The van der Waals surface area contributed by atoms with Gasteiger partial charge in [-0.3, -0.25) is 4.79 Å². The molecule has 2 N–H and O–H groups in total. The Labute approximate surface area is 161 Å². The number of rotatable bonds is 9. The predicted molar refractivity (Wildman–Crippen MR) is 103 cm³/mol. The standard InChI is InChI=1S/C19H20ClNO4S/c1-25-11-10-17(19(23)24)21-18(22)14-4-2-13(3-5-14)12-26-16-8-6-15(20)7-9-16/h2-9,17H,10-12H2,1H3,(H,21,22)(H,23,24). The van der Waals surface area contributed by atoms with Gasteiger partial charge in [0.1, 0.15) is 6.04 Å². The molecule has 2 aromatic rings. The van der Waals surface area contributed by atoms with Gasteiger partial charge in [-0.25, -0.2) is 4.79 Å². The second kappa shape index (κ2) is 10.2. The molecule has 5 nitrogen and oxygen atoms in total. The van der Waals surface area contributed by atoms with Crippen LogP contribution in [0.4, 0.5) is 0 Å². The van der Waals surface area contributed by atoms with Crippen LogP contribution in [0.1, 0.15) is 22.3 Å². The molecule has 0 aliphatic carbocycles. The van der Waals surface area contributed by atoms with Gasteiger partial charge >= 0.3 is 5.97 Å². The fourth-order valence-corrected chi connectivity index (χ4v) is 3.16. The van der Waals surface area contributed by atoms with Crippen molar-refractivity contribution in [3.05, 3.63) is 64.7 Å². The zero-order valence-electron chi connectivity index (χ0n) is 14.3. The molecule has 0 saturated carbocycles. The summed E-state index contributed by atoms with van der Waals surface area (Å²) in [5, 5.41) is 12.4. The summed E-state index contributed by atoms with van der Waals surface area (Å²) in [6, 6.07) is 13.8. The fraction of sp³-hybridized carbons (Fsp3) is 0.263. The van der Waals surface area contributed by atoms with Crippen molar-refractivity contribution in [2.24, 2.45) is 0 Å². The zero-order chi connectivity index (χ0) is 18.9. The first kappa shape index (κ1) is 20.3. The van der Waals surface area contributed by atoms with E-state index in [0.717, 1.165) is 16.2 Å². The number of methoxy groups -OCH3 is 1. The van der Waals surface area contributed by atoms with Crippen molar-refractivity contribution in [3.63, 3.8) is 0 Å². The van der Waals surface area contributed by atoms with Gasteiger partial charge in [0.25, 0.3) is 5.91 Å². The first-order valence-electron chi connectivity index (χ1n) is 7.99. The lowest BCUT2D eigenvalue weighted by Crippen LogP contribution is -2.41. The molecular formula is C19H20ClNO4S. The Bertz CT molecular complexity index is 734. The lowest BCUT2D eigenvalue weighted by molar-refractivity contribution is -0.139. The molecule has 0 spiro atoms. The van der Waals surface area contributed by atoms with Crippen molar-refractivity contribution >= 4 is 35.2 Å². The highest BCUT2D eigenvalue weighted by Crippen LogP contribution is 2.24. The highest BCUT2D eigenvalue weighted by Gasteiger charge is 2.20. The topological polar surface area (TPSA) is 75.6 Å². The molecule has 1 atom stereocenters. The summed E-state index contributed by atoms with van der Waals surface area (Å²) in [5.41, 5.74) is 1.49. The van der Waals surface area contributed by atoms with Crippen molar-refractivity contribution < 1.29 is 19.4 Å². The molecule has 1 amide bonds. The lowest BCUT2D eigenvalue weighted by atomic mass is 10.1. The van der Waals surface area contributed by atoms with E-state index in [2.05, 4.69) is 5.32 Å². The van der Waals surface area contributed by atoms with Crippen molar-refractivity contribution in [3.8, 4) is 0 Å². The Hall–Kier alpha value is -2.02. The van der Waals surface area contributed by atoms with Crippen LogP contribution < -0.4 is 5.32 Å². The van der Waals surface area contributed by atoms with Crippen LogP contribution in [0.25, 0.3) is 0 Å². The maximum Gasteiger partial charge on any atom is 0.326 e. The molecule has 0 radical (unpaired) electrons. The normalized spacial score (nSPS) is 11.8. The summed E-state index contributed by atoms with van der Waals surface area (Å²) < 4.78 is 4.87. The predicted octanol–water partition coefficient (Wildman–Crippen LogP) is 3.85. The lowest BCUT2D eigenvalue weighted by Gasteiger charge is -2.14. The Balaban J connectivity index is 1.91. The van der Waals surface area contributed by atoms with Crippen LogP contribution in [0.15, 0.2) is 53.4 Å². The van der Waals surface area contributed by atoms with Gasteiger partial charge in [-0.05, 0) is 42.0 Å². The van der Waals surface area contributed by atoms with Gasteiger partial charge in [0, 0.05) is 41.4 Å². The van der Waals surface area contributed by atoms with Crippen LogP contribution in [0, 0.1) is 0 Å². The summed E-state index contributed by atoms with van der Waals surface area (Å²) in [7, 11) is 1.49. The Morgan fingerprint density at radius 2 is 1.81 bits per heavy atom. The number of ether oxygens (including phenoxy) is 1. The highest BCUT2D eigenvalue weighted by atomic mass is 35.5. The number of carbonyl (C=O) groups excluding carboxylic acids is 1. The van der Waals surface area contributed by atoms with E-state index in [-0.39, 0.29) is 13.0 Å². The molecule has 0 heterocycles. The van der Waals surface area contributed by atoms with Gasteiger partial charge in [0.05, 0.1) is 0 Å². The molecule has 26 heavy (non-hydrogen) atoms. The van der Waals surface area contributed by atoms with E-state index in [1.54, 1.807) is 23.9 Å². The quantitative estimate of drug-likeness (QED) is 0.633. The molecule has 2 aromatic carbocycles. The van der Waals surface area contributed by atoms with Crippen LogP contribution in [0.2, 0.25) is 5.02 Å². The molecule has 7 heteroatoms. The van der Waals surface area contributed by atoms with E-state index < -0.39 is 17.9 Å². The van der Waals surface area contributed by atoms with E-state index in [4.69, 9.17) is 21.4 Å².